The van der Waals surface area contributed by atoms with Crippen molar-refractivity contribution < 1.29 is 9.53 Å². The van der Waals surface area contributed by atoms with Crippen LogP contribution < -0.4 is 10.1 Å². The number of fused-ring (bicyclic) bond motifs is 1. The largest absolute Gasteiger partial charge is 0.494 e. The number of aryl methyl sites for hydroxylation is 1. The number of aromatic nitrogens is 2. The van der Waals surface area contributed by atoms with E-state index >= 15 is 0 Å². The average molecular weight is 388 g/mol. The number of rotatable bonds is 5. The number of nitrogens with zero attached hydrogens (tertiary/aromatic N) is 2. The van der Waals surface area contributed by atoms with Crippen LogP contribution in [0.5, 0.6) is 5.75 Å². The van der Waals surface area contributed by atoms with Gasteiger partial charge in [0, 0.05) is 16.4 Å². The van der Waals surface area contributed by atoms with Crippen LogP contribution in [0.25, 0.3) is 5.65 Å². The number of nitrogens with one attached hydrogen (secondary N) is 1. The summed E-state index contributed by atoms with van der Waals surface area (Å²) < 4.78 is 8.12. The first-order chi connectivity index (χ1) is 11.6. The molecule has 0 spiro atoms. The van der Waals surface area contributed by atoms with Crippen LogP contribution in [0.4, 0.5) is 5.69 Å². The minimum atomic E-state index is -0.179. The van der Waals surface area contributed by atoms with E-state index in [1.807, 2.05) is 60.8 Å². The standard InChI is InChI=1S/C18H18BrN3O2/c1-3-15-17(22-11-12(19)5-10-16(22)21-15)18(23)20-13-6-8-14(9-7-13)24-4-2/h5-11H,3-4H2,1-2H3,(H,20,23). The highest BCUT2D eigenvalue weighted by molar-refractivity contribution is 9.10. The summed E-state index contributed by atoms with van der Waals surface area (Å²) in [5.74, 6) is 0.602. The lowest BCUT2D eigenvalue weighted by Gasteiger charge is -2.08. The lowest BCUT2D eigenvalue weighted by Crippen LogP contribution is -2.16. The molecular weight excluding hydrogens is 370 g/mol. The number of hydrogen-bond donors (Lipinski definition) is 1. The van der Waals surface area contributed by atoms with Gasteiger partial charge in [0.05, 0.1) is 12.3 Å². The van der Waals surface area contributed by atoms with Crippen molar-refractivity contribution in [3.8, 4) is 5.75 Å². The number of pyridine rings is 1. The molecule has 0 aliphatic rings. The molecule has 0 saturated carbocycles. The van der Waals surface area contributed by atoms with E-state index in [1.54, 1.807) is 0 Å². The van der Waals surface area contributed by atoms with Crippen molar-refractivity contribution in [2.24, 2.45) is 0 Å². The monoisotopic (exact) mass is 387 g/mol. The van der Waals surface area contributed by atoms with Crippen LogP contribution in [0.15, 0.2) is 47.1 Å². The first kappa shape index (κ1) is 16.5. The van der Waals surface area contributed by atoms with Gasteiger partial charge in [-0.25, -0.2) is 4.98 Å². The Balaban J connectivity index is 1.91. The van der Waals surface area contributed by atoms with Crippen molar-refractivity contribution in [3.63, 3.8) is 0 Å². The van der Waals surface area contributed by atoms with E-state index in [2.05, 4.69) is 26.2 Å². The number of amides is 1. The van der Waals surface area contributed by atoms with Gasteiger partial charge in [-0.2, -0.15) is 0 Å². The second kappa shape index (κ2) is 7.05. The molecule has 0 atom stereocenters. The van der Waals surface area contributed by atoms with E-state index in [4.69, 9.17) is 4.74 Å². The SMILES string of the molecule is CCOc1ccc(NC(=O)c2c(CC)nc3ccc(Br)cn23)cc1. The highest BCUT2D eigenvalue weighted by Gasteiger charge is 2.18. The summed E-state index contributed by atoms with van der Waals surface area (Å²) >= 11 is 3.44. The van der Waals surface area contributed by atoms with Crippen LogP contribution >= 0.6 is 15.9 Å². The van der Waals surface area contributed by atoms with Crippen molar-refractivity contribution in [1.29, 1.82) is 0 Å². The zero-order chi connectivity index (χ0) is 17.1. The molecular formula is C18H18BrN3O2. The van der Waals surface area contributed by atoms with Gasteiger partial charge < -0.3 is 10.1 Å². The summed E-state index contributed by atoms with van der Waals surface area (Å²) in [6.07, 6.45) is 2.54. The zero-order valence-electron chi connectivity index (χ0n) is 13.5. The number of anilines is 1. The van der Waals surface area contributed by atoms with E-state index in [0.717, 1.165) is 27.3 Å². The highest BCUT2D eigenvalue weighted by atomic mass is 79.9. The number of carbonyl (C=O) groups excluding carboxylic acids is 1. The second-order valence-electron chi connectivity index (χ2n) is 5.25. The third kappa shape index (κ3) is 3.28. The van der Waals surface area contributed by atoms with Crippen molar-refractivity contribution in [2.75, 3.05) is 11.9 Å². The molecule has 5 nitrogen and oxygen atoms in total. The van der Waals surface area contributed by atoms with Gasteiger partial charge in [0.15, 0.2) is 0 Å². The first-order valence-electron chi connectivity index (χ1n) is 7.83. The summed E-state index contributed by atoms with van der Waals surface area (Å²) in [6, 6.07) is 11.1. The van der Waals surface area contributed by atoms with Crippen LogP contribution in [-0.2, 0) is 6.42 Å². The Bertz CT molecular complexity index is 872. The van der Waals surface area contributed by atoms with Gasteiger partial charge in [-0.05, 0) is 65.7 Å². The van der Waals surface area contributed by atoms with Crippen LogP contribution in [0, 0.1) is 0 Å². The van der Waals surface area contributed by atoms with Gasteiger partial charge in [-0.1, -0.05) is 6.92 Å². The third-order valence-corrected chi connectivity index (χ3v) is 4.10. The highest BCUT2D eigenvalue weighted by Crippen LogP contribution is 2.20. The minimum absolute atomic E-state index is 0.179. The number of ether oxygens (including phenoxy) is 1. The summed E-state index contributed by atoms with van der Waals surface area (Å²) in [6.45, 7) is 4.54. The molecule has 24 heavy (non-hydrogen) atoms. The van der Waals surface area contributed by atoms with Crippen molar-refractivity contribution in [2.45, 2.75) is 20.3 Å². The maximum Gasteiger partial charge on any atom is 0.274 e. The van der Waals surface area contributed by atoms with Gasteiger partial charge in [-0.15, -0.1) is 0 Å². The molecule has 124 valence electrons. The Hall–Kier alpha value is -2.34. The van der Waals surface area contributed by atoms with E-state index in [0.29, 0.717) is 18.7 Å². The van der Waals surface area contributed by atoms with E-state index in [1.165, 1.54) is 0 Å². The molecule has 2 heterocycles. The predicted molar refractivity (Wildman–Crippen MR) is 97.8 cm³/mol. The molecule has 3 rings (SSSR count). The third-order valence-electron chi connectivity index (χ3n) is 3.63. The van der Waals surface area contributed by atoms with Gasteiger partial charge in [-0.3, -0.25) is 9.20 Å². The fourth-order valence-corrected chi connectivity index (χ4v) is 2.88. The van der Waals surface area contributed by atoms with Gasteiger partial charge in [0.2, 0.25) is 0 Å². The van der Waals surface area contributed by atoms with Crippen molar-refractivity contribution in [3.05, 3.63) is 58.5 Å². The lowest BCUT2D eigenvalue weighted by molar-refractivity contribution is 0.102. The first-order valence-corrected chi connectivity index (χ1v) is 8.62. The molecule has 0 saturated heterocycles. The molecule has 0 fully saturated rings. The summed E-state index contributed by atoms with van der Waals surface area (Å²) in [4.78, 5) is 17.3. The van der Waals surface area contributed by atoms with Crippen molar-refractivity contribution >= 4 is 33.2 Å². The zero-order valence-corrected chi connectivity index (χ0v) is 15.1. The van der Waals surface area contributed by atoms with Crippen molar-refractivity contribution in [1.82, 2.24) is 9.38 Å². The lowest BCUT2D eigenvalue weighted by atomic mass is 10.2. The predicted octanol–water partition coefficient (Wildman–Crippen LogP) is 4.31. The van der Waals surface area contributed by atoms with Gasteiger partial charge in [0.25, 0.3) is 5.91 Å². The molecule has 0 radical (unpaired) electrons. The van der Waals surface area contributed by atoms with Crippen LogP contribution in [0.1, 0.15) is 30.0 Å². The number of benzene rings is 1. The maximum atomic E-state index is 12.8. The van der Waals surface area contributed by atoms with Crippen LogP contribution in [-0.4, -0.2) is 21.9 Å². The van der Waals surface area contributed by atoms with Gasteiger partial charge in [0.1, 0.15) is 17.1 Å². The second-order valence-corrected chi connectivity index (χ2v) is 6.16. The van der Waals surface area contributed by atoms with E-state index < -0.39 is 0 Å². The molecule has 0 bridgehead atoms. The Kier molecular flexibility index (Phi) is 4.85. The summed E-state index contributed by atoms with van der Waals surface area (Å²) in [5.41, 5.74) is 2.81. The number of hydrogen-bond acceptors (Lipinski definition) is 3. The molecule has 1 amide bonds. The van der Waals surface area contributed by atoms with Crippen LogP contribution in [0.2, 0.25) is 0 Å². The normalized spacial score (nSPS) is 10.8. The summed E-state index contributed by atoms with van der Waals surface area (Å²) in [7, 11) is 0. The fourth-order valence-electron chi connectivity index (χ4n) is 2.55. The number of halogens is 1. The number of carbonyl (C=O) groups is 1. The molecule has 0 unspecified atom stereocenters. The molecule has 0 aliphatic heterocycles. The Morgan fingerprint density at radius 1 is 1.21 bits per heavy atom. The quantitative estimate of drug-likeness (QED) is 0.709. The topological polar surface area (TPSA) is 55.6 Å². The number of imidazole rings is 1. The minimum Gasteiger partial charge on any atom is -0.494 e. The molecule has 6 heteroatoms. The smallest absolute Gasteiger partial charge is 0.274 e. The van der Waals surface area contributed by atoms with Gasteiger partial charge >= 0.3 is 0 Å². The Morgan fingerprint density at radius 3 is 2.62 bits per heavy atom. The molecule has 2 aromatic heterocycles. The fraction of sp³-hybridized carbons (Fsp3) is 0.222. The Labute approximate surface area is 148 Å². The van der Waals surface area contributed by atoms with E-state index in [9.17, 15) is 4.79 Å². The summed E-state index contributed by atoms with van der Waals surface area (Å²) in [5, 5.41) is 2.93. The van der Waals surface area contributed by atoms with E-state index in [-0.39, 0.29) is 5.91 Å². The Morgan fingerprint density at radius 2 is 1.96 bits per heavy atom. The molecule has 1 N–H and O–H groups in total. The maximum absolute atomic E-state index is 12.8. The average Bonchev–Trinajstić information content (AvgIpc) is 2.94. The molecule has 1 aromatic carbocycles. The van der Waals surface area contributed by atoms with Crippen LogP contribution in [0.3, 0.4) is 0 Å². The molecule has 0 aliphatic carbocycles. The molecule has 3 aromatic rings.